The topological polar surface area (TPSA) is 42.7 Å². The highest BCUT2D eigenvalue weighted by Crippen LogP contribution is 2.26. The van der Waals surface area contributed by atoms with Crippen molar-refractivity contribution in [2.45, 2.75) is 19.5 Å². The molecule has 0 fully saturated rings. The van der Waals surface area contributed by atoms with Gasteiger partial charge in [-0.05, 0) is 36.2 Å². The van der Waals surface area contributed by atoms with Crippen LogP contribution >= 0.6 is 23.2 Å². The zero-order chi connectivity index (χ0) is 16.2. The first-order valence-electron chi connectivity index (χ1n) is 7.26. The summed E-state index contributed by atoms with van der Waals surface area (Å²) < 4.78 is 1.73. The highest BCUT2D eigenvalue weighted by molar-refractivity contribution is 6.42. The van der Waals surface area contributed by atoms with Crippen LogP contribution in [0.25, 0.3) is 5.69 Å². The maximum atomic E-state index is 6.21. The predicted octanol–water partition coefficient (Wildman–Crippen LogP) is 4.42. The molecule has 1 atom stereocenters. The van der Waals surface area contributed by atoms with Gasteiger partial charge in [0.1, 0.15) is 12.7 Å². The van der Waals surface area contributed by atoms with E-state index in [1.165, 1.54) is 11.9 Å². The van der Waals surface area contributed by atoms with Gasteiger partial charge in [-0.15, -0.1) is 0 Å². The zero-order valence-corrected chi connectivity index (χ0v) is 14.1. The lowest BCUT2D eigenvalue weighted by Gasteiger charge is -2.16. The normalized spacial score (nSPS) is 12.3. The Bertz CT molecular complexity index is 770. The highest BCUT2D eigenvalue weighted by Gasteiger charge is 2.08. The Kier molecular flexibility index (Phi) is 4.96. The van der Waals surface area contributed by atoms with Crippen LogP contribution < -0.4 is 5.32 Å². The van der Waals surface area contributed by atoms with E-state index in [9.17, 15) is 0 Å². The van der Waals surface area contributed by atoms with E-state index in [-0.39, 0.29) is 6.04 Å². The van der Waals surface area contributed by atoms with E-state index in [1.54, 1.807) is 17.1 Å². The lowest BCUT2D eigenvalue weighted by molar-refractivity contribution is 0.574. The van der Waals surface area contributed by atoms with Crippen LogP contribution in [0.4, 0.5) is 0 Å². The standard InChI is InChI=1S/C17H16Cl2N4/c1-12(21-9-14-3-2-4-16(18)17(14)19)13-5-7-15(8-6-13)23-11-20-10-22-23/h2-8,10-12,21H,9H2,1H3/t12-/m1/s1. The molecule has 1 heterocycles. The third kappa shape index (κ3) is 3.72. The van der Waals surface area contributed by atoms with Gasteiger partial charge in [-0.1, -0.05) is 47.5 Å². The molecule has 0 unspecified atom stereocenters. The van der Waals surface area contributed by atoms with Crippen LogP contribution in [-0.2, 0) is 6.54 Å². The van der Waals surface area contributed by atoms with Gasteiger partial charge in [0.25, 0.3) is 0 Å². The predicted molar refractivity (Wildman–Crippen MR) is 93.1 cm³/mol. The Morgan fingerprint density at radius 3 is 2.61 bits per heavy atom. The molecule has 0 spiro atoms. The van der Waals surface area contributed by atoms with Gasteiger partial charge in [0.2, 0.25) is 0 Å². The maximum absolute atomic E-state index is 6.21. The Hall–Kier alpha value is -1.88. The quantitative estimate of drug-likeness (QED) is 0.743. The fraction of sp³-hybridized carbons (Fsp3) is 0.176. The van der Waals surface area contributed by atoms with Crippen molar-refractivity contribution in [3.05, 3.63) is 76.3 Å². The smallest absolute Gasteiger partial charge is 0.138 e. The summed E-state index contributed by atoms with van der Waals surface area (Å²) in [5.74, 6) is 0. The SMILES string of the molecule is C[C@@H](NCc1cccc(Cl)c1Cl)c1ccc(-n2cncn2)cc1. The van der Waals surface area contributed by atoms with E-state index in [4.69, 9.17) is 23.2 Å². The molecule has 4 nitrogen and oxygen atoms in total. The molecule has 0 bridgehead atoms. The molecule has 1 aromatic heterocycles. The Labute approximate surface area is 145 Å². The molecular weight excluding hydrogens is 331 g/mol. The number of benzene rings is 2. The van der Waals surface area contributed by atoms with Crippen molar-refractivity contribution < 1.29 is 0 Å². The summed E-state index contributed by atoms with van der Waals surface area (Å²) in [6, 6.07) is 14.1. The van der Waals surface area contributed by atoms with Crippen LogP contribution in [0.1, 0.15) is 24.1 Å². The summed E-state index contributed by atoms with van der Waals surface area (Å²) in [6.45, 7) is 2.77. The Balaban J connectivity index is 1.66. The first-order chi connectivity index (χ1) is 11.1. The van der Waals surface area contributed by atoms with Crippen LogP contribution in [0.3, 0.4) is 0 Å². The summed E-state index contributed by atoms with van der Waals surface area (Å²) in [4.78, 5) is 3.95. The third-order valence-corrected chi connectivity index (χ3v) is 4.56. The minimum absolute atomic E-state index is 0.190. The molecule has 3 aromatic rings. The molecule has 2 aromatic carbocycles. The summed E-state index contributed by atoms with van der Waals surface area (Å²) in [5, 5.41) is 8.76. The monoisotopic (exact) mass is 346 g/mol. The van der Waals surface area contributed by atoms with Crippen molar-refractivity contribution in [3.8, 4) is 5.69 Å². The maximum Gasteiger partial charge on any atom is 0.138 e. The summed E-state index contributed by atoms with van der Waals surface area (Å²) in [5.41, 5.74) is 3.16. The van der Waals surface area contributed by atoms with Crippen molar-refractivity contribution in [2.75, 3.05) is 0 Å². The molecule has 1 N–H and O–H groups in total. The molecule has 0 radical (unpaired) electrons. The van der Waals surface area contributed by atoms with Gasteiger partial charge in [0, 0.05) is 12.6 Å². The molecule has 3 rings (SSSR count). The average molecular weight is 347 g/mol. The zero-order valence-electron chi connectivity index (χ0n) is 12.6. The second-order valence-corrected chi connectivity index (χ2v) is 6.03. The van der Waals surface area contributed by atoms with Crippen molar-refractivity contribution >= 4 is 23.2 Å². The second kappa shape index (κ2) is 7.13. The van der Waals surface area contributed by atoms with Crippen molar-refractivity contribution in [2.24, 2.45) is 0 Å². The molecule has 118 valence electrons. The minimum atomic E-state index is 0.190. The fourth-order valence-corrected chi connectivity index (χ4v) is 2.71. The third-order valence-electron chi connectivity index (χ3n) is 3.71. The summed E-state index contributed by atoms with van der Waals surface area (Å²) >= 11 is 12.3. The fourth-order valence-electron chi connectivity index (χ4n) is 2.32. The molecule has 0 aliphatic carbocycles. The molecule has 0 saturated carbocycles. The molecular formula is C17H16Cl2N4. The van der Waals surface area contributed by atoms with E-state index in [2.05, 4.69) is 34.5 Å². The van der Waals surface area contributed by atoms with E-state index in [0.717, 1.165) is 11.3 Å². The number of hydrogen-bond donors (Lipinski definition) is 1. The highest BCUT2D eigenvalue weighted by atomic mass is 35.5. The van der Waals surface area contributed by atoms with Crippen molar-refractivity contribution in [1.29, 1.82) is 0 Å². The Morgan fingerprint density at radius 2 is 1.91 bits per heavy atom. The van der Waals surface area contributed by atoms with Crippen molar-refractivity contribution in [3.63, 3.8) is 0 Å². The largest absolute Gasteiger partial charge is 0.306 e. The first-order valence-corrected chi connectivity index (χ1v) is 8.02. The number of halogens is 2. The van der Waals surface area contributed by atoms with Crippen LogP contribution in [-0.4, -0.2) is 14.8 Å². The van der Waals surface area contributed by atoms with Gasteiger partial charge in [-0.2, -0.15) is 5.10 Å². The molecule has 0 saturated heterocycles. The van der Waals surface area contributed by atoms with Gasteiger partial charge in [-0.3, -0.25) is 0 Å². The van der Waals surface area contributed by atoms with Gasteiger partial charge in [-0.25, -0.2) is 9.67 Å². The van der Waals surface area contributed by atoms with Crippen LogP contribution in [0.5, 0.6) is 0 Å². The first kappa shape index (κ1) is 16.0. The molecule has 6 heteroatoms. The van der Waals surface area contributed by atoms with E-state index < -0.39 is 0 Å². The number of rotatable bonds is 5. The average Bonchev–Trinajstić information content (AvgIpc) is 3.10. The molecule has 0 aliphatic heterocycles. The number of hydrogen-bond acceptors (Lipinski definition) is 3. The molecule has 0 aliphatic rings. The molecule has 23 heavy (non-hydrogen) atoms. The number of nitrogens with one attached hydrogen (secondary N) is 1. The van der Waals surface area contributed by atoms with E-state index >= 15 is 0 Å². The van der Waals surface area contributed by atoms with Gasteiger partial charge in [0.05, 0.1) is 15.7 Å². The second-order valence-electron chi connectivity index (χ2n) is 5.25. The molecule has 0 amide bonds. The van der Waals surface area contributed by atoms with Crippen LogP contribution in [0.15, 0.2) is 55.1 Å². The van der Waals surface area contributed by atoms with Gasteiger partial charge >= 0.3 is 0 Å². The van der Waals surface area contributed by atoms with Crippen LogP contribution in [0, 0.1) is 0 Å². The number of aromatic nitrogens is 3. The lowest BCUT2D eigenvalue weighted by Crippen LogP contribution is -2.18. The summed E-state index contributed by atoms with van der Waals surface area (Å²) in [6.07, 6.45) is 3.20. The van der Waals surface area contributed by atoms with E-state index in [0.29, 0.717) is 16.6 Å². The van der Waals surface area contributed by atoms with E-state index in [1.807, 2.05) is 24.3 Å². The minimum Gasteiger partial charge on any atom is -0.306 e. The van der Waals surface area contributed by atoms with Crippen molar-refractivity contribution in [1.82, 2.24) is 20.1 Å². The lowest BCUT2D eigenvalue weighted by atomic mass is 10.1. The van der Waals surface area contributed by atoms with Crippen LogP contribution in [0.2, 0.25) is 10.0 Å². The van der Waals surface area contributed by atoms with Gasteiger partial charge in [0.15, 0.2) is 0 Å². The summed E-state index contributed by atoms with van der Waals surface area (Å²) in [7, 11) is 0. The Morgan fingerprint density at radius 1 is 1.13 bits per heavy atom. The number of nitrogens with zero attached hydrogens (tertiary/aromatic N) is 3. The van der Waals surface area contributed by atoms with Gasteiger partial charge < -0.3 is 5.32 Å².